The minimum absolute atomic E-state index is 0.678. The molecule has 0 radical (unpaired) electrons. The van der Waals surface area contributed by atoms with Gasteiger partial charge in [-0.1, -0.05) is 51.5 Å². The highest BCUT2D eigenvalue weighted by molar-refractivity contribution is 5.72. The first-order valence-electron chi connectivity index (χ1n) is 7.52. The number of hydrogen-bond acceptors (Lipinski definition) is 2. The van der Waals surface area contributed by atoms with Crippen LogP contribution in [0, 0.1) is 5.92 Å². The van der Waals surface area contributed by atoms with Crippen LogP contribution < -0.4 is 5.73 Å². The Morgan fingerprint density at radius 3 is 2.50 bits per heavy atom. The quantitative estimate of drug-likeness (QED) is 0.858. The van der Waals surface area contributed by atoms with Crippen LogP contribution in [0.4, 0.5) is 5.69 Å². The molecule has 0 aliphatic heterocycles. The van der Waals surface area contributed by atoms with Crippen LogP contribution in [-0.4, -0.2) is 9.78 Å². The Morgan fingerprint density at radius 1 is 1.20 bits per heavy atom. The molecule has 0 bridgehead atoms. The van der Waals surface area contributed by atoms with Crippen molar-refractivity contribution in [3.8, 4) is 11.3 Å². The van der Waals surface area contributed by atoms with Crippen molar-refractivity contribution < 1.29 is 0 Å². The van der Waals surface area contributed by atoms with Gasteiger partial charge in [0.2, 0.25) is 0 Å². The second-order valence-electron chi connectivity index (χ2n) is 5.83. The lowest BCUT2D eigenvalue weighted by atomic mass is 10.1. The first kappa shape index (κ1) is 14.6. The van der Waals surface area contributed by atoms with Crippen molar-refractivity contribution >= 4 is 5.69 Å². The molecular weight excluding hydrogens is 246 g/mol. The van der Waals surface area contributed by atoms with E-state index in [0.717, 1.165) is 36.3 Å². The lowest BCUT2D eigenvalue weighted by molar-refractivity contribution is 0.488. The van der Waals surface area contributed by atoms with Crippen molar-refractivity contribution in [2.24, 2.45) is 5.92 Å². The molecule has 3 nitrogen and oxygen atoms in total. The molecule has 1 aromatic heterocycles. The van der Waals surface area contributed by atoms with Crippen molar-refractivity contribution in [2.75, 3.05) is 5.73 Å². The Kier molecular flexibility index (Phi) is 4.83. The Balaban J connectivity index is 2.15. The molecule has 2 rings (SSSR count). The molecule has 0 amide bonds. The third-order valence-corrected chi connectivity index (χ3v) is 3.49. The zero-order chi connectivity index (χ0) is 14.5. The first-order chi connectivity index (χ1) is 9.60. The van der Waals surface area contributed by atoms with E-state index >= 15 is 0 Å². The molecule has 0 saturated heterocycles. The Hall–Kier alpha value is -1.77. The zero-order valence-corrected chi connectivity index (χ0v) is 12.8. The number of nitrogens with two attached hydrogens (primary N) is 1. The smallest absolute Gasteiger partial charge is 0.115 e. The van der Waals surface area contributed by atoms with Crippen molar-refractivity contribution in [3.63, 3.8) is 0 Å². The van der Waals surface area contributed by atoms with E-state index in [0.29, 0.717) is 5.92 Å². The highest BCUT2D eigenvalue weighted by Crippen LogP contribution is 2.24. The molecule has 0 fully saturated rings. The summed E-state index contributed by atoms with van der Waals surface area (Å²) in [5.74, 6) is 0.678. The first-order valence-corrected chi connectivity index (χ1v) is 7.52. The number of aromatic nitrogens is 2. The average Bonchev–Trinajstić information content (AvgIpc) is 2.79. The predicted molar refractivity (Wildman–Crippen MR) is 85.5 cm³/mol. The van der Waals surface area contributed by atoms with Crippen LogP contribution in [0.1, 0.15) is 39.2 Å². The van der Waals surface area contributed by atoms with Gasteiger partial charge in [0.25, 0.3) is 0 Å². The maximum atomic E-state index is 6.09. The van der Waals surface area contributed by atoms with E-state index in [1.807, 2.05) is 10.9 Å². The standard InChI is InChI=1S/C17H25N3/c1-4-5-14-6-8-15(9-7-14)17-16(18)12-20(19-17)11-10-13(2)3/h6-9,12-13H,4-5,10-11,18H2,1-3H3. The van der Waals surface area contributed by atoms with Gasteiger partial charge in [0.05, 0.1) is 5.69 Å². The van der Waals surface area contributed by atoms with Crippen LogP contribution in [0.25, 0.3) is 11.3 Å². The van der Waals surface area contributed by atoms with Gasteiger partial charge >= 0.3 is 0 Å². The van der Waals surface area contributed by atoms with Gasteiger partial charge in [0, 0.05) is 18.3 Å². The highest BCUT2D eigenvalue weighted by atomic mass is 15.3. The molecule has 1 aromatic carbocycles. The third-order valence-electron chi connectivity index (χ3n) is 3.49. The molecular formula is C17H25N3. The molecule has 0 atom stereocenters. The number of aryl methyl sites for hydroxylation is 2. The SMILES string of the molecule is CCCc1ccc(-c2nn(CCC(C)C)cc2N)cc1. The van der Waals surface area contributed by atoms with Gasteiger partial charge in [0.1, 0.15) is 5.69 Å². The monoisotopic (exact) mass is 271 g/mol. The molecule has 108 valence electrons. The fourth-order valence-corrected chi connectivity index (χ4v) is 2.28. The molecule has 0 unspecified atom stereocenters. The van der Waals surface area contributed by atoms with Crippen LogP contribution in [0.15, 0.2) is 30.5 Å². The van der Waals surface area contributed by atoms with Gasteiger partial charge in [0.15, 0.2) is 0 Å². The molecule has 0 aliphatic carbocycles. The summed E-state index contributed by atoms with van der Waals surface area (Å²) in [6, 6.07) is 8.59. The van der Waals surface area contributed by atoms with Crippen LogP contribution >= 0.6 is 0 Å². The van der Waals surface area contributed by atoms with Gasteiger partial charge in [-0.15, -0.1) is 0 Å². The lowest BCUT2D eigenvalue weighted by Crippen LogP contribution is -2.02. The normalized spacial score (nSPS) is 11.2. The summed E-state index contributed by atoms with van der Waals surface area (Å²) >= 11 is 0. The van der Waals surface area contributed by atoms with E-state index in [-0.39, 0.29) is 0 Å². The number of hydrogen-bond donors (Lipinski definition) is 1. The zero-order valence-electron chi connectivity index (χ0n) is 12.8. The summed E-state index contributed by atoms with van der Waals surface area (Å²) < 4.78 is 1.96. The maximum absolute atomic E-state index is 6.09. The third kappa shape index (κ3) is 3.62. The van der Waals surface area contributed by atoms with Crippen LogP contribution in [0.2, 0.25) is 0 Å². The summed E-state index contributed by atoms with van der Waals surface area (Å²) in [5, 5.41) is 4.62. The van der Waals surface area contributed by atoms with Crippen molar-refractivity contribution in [2.45, 2.75) is 46.6 Å². The fourth-order valence-electron chi connectivity index (χ4n) is 2.28. The lowest BCUT2D eigenvalue weighted by Gasteiger charge is -2.04. The van der Waals surface area contributed by atoms with E-state index in [9.17, 15) is 0 Å². The van der Waals surface area contributed by atoms with E-state index in [1.165, 1.54) is 12.0 Å². The van der Waals surface area contributed by atoms with Gasteiger partial charge in [-0.05, 0) is 24.3 Å². The van der Waals surface area contributed by atoms with E-state index in [1.54, 1.807) is 0 Å². The summed E-state index contributed by atoms with van der Waals surface area (Å²) in [7, 11) is 0. The molecule has 0 aliphatic rings. The summed E-state index contributed by atoms with van der Waals surface area (Å²) in [6.07, 6.45) is 5.36. The minimum atomic E-state index is 0.678. The van der Waals surface area contributed by atoms with E-state index < -0.39 is 0 Å². The second kappa shape index (κ2) is 6.60. The average molecular weight is 271 g/mol. The van der Waals surface area contributed by atoms with Gasteiger partial charge < -0.3 is 5.73 Å². The highest BCUT2D eigenvalue weighted by Gasteiger charge is 2.09. The number of rotatable bonds is 6. The molecule has 1 heterocycles. The number of benzene rings is 1. The number of anilines is 1. The maximum Gasteiger partial charge on any atom is 0.115 e. The molecule has 0 spiro atoms. The van der Waals surface area contributed by atoms with Crippen LogP contribution in [0.3, 0.4) is 0 Å². The van der Waals surface area contributed by atoms with Gasteiger partial charge in [-0.3, -0.25) is 4.68 Å². The van der Waals surface area contributed by atoms with Crippen molar-refractivity contribution in [1.82, 2.24) is 9.78 Å². The Morgan fingerprint density at radius 2 is 1.90 bits per heavy atom. The van der Waals surface area contributed by atoms with Crippen LogP contribution in [-0.2, 0) is 13.0 Å². The van der Waals surface area contributed by atoms with Gasteiger partial charge in [-0.25, -0.2) is 0 Å². The summed E-state index contributed by atoms with van der Waals surface area (Å²) in [5.41, 5.74) is 10.2. The summed E-state index contributed by atoms with van der Waals surface area (Å²) in [4.78, 5) is 0. The largest absolute Gasteiger partial charge is 0.396 e. The summed E-state index contributed by atoms with van der Waals surface area (Å²) in [6.45, 7) is 7.57. The Labute approximate surface area is 121 Å². The fraction of sp³-hybridized carbons (Fsp3) is 0.471. The van der Waals surface area contributed by atoms with Gasteiger partial charge in [-0.2, -0.15) is 5.10 Å². The van der Waals surface area contributed by atoms with E-state index in [2.05, 4.69) is 50.1 Å². The number of nitrogen functional groups attached to an aromatic ring is 1. The van der Waals surface area contributed by atoms with Crippen molar-refractivity contribution in [3.05, 3.63) is 36.0 Å². The molecule has 0 saturated carbocycles. The van der Waals surface area contributed by atoms with Crippen LogP contribution in [0.5, 0.6) is 0 Å². The number of nitrogens with zero attached hydrogens (tertiary/aromatic N) is 2. The predicted octanol–water partition coefficient (Wildman–Crippen LogP) is 4.13. The molecule has 2 N–H and O–H groups in total. The van der Waals surface area contributed by atoms with E-state index in [4.69, 9.17) is 5.73 Å². The molecule has 3 heteroatoms. The Bertz CT molecular complexity index is 538. The topological polar surface area (TPSA) is 43.8 Å². The molecule has 20 heavy (non-hydrogen) atoms. The second-order valence-corrected chi connectivity index (χ2v) is 5.83. The molecule has 2 aromatic rings. The van der Waals surface area contributed by atoms with Crippen molar-refractivity contribution in [1.29, 1.82) is 0 Å². The minimum Gasteiger partial charge on any atom is -0.396 e.